The summed E-state index contributed by atoms with van der Waals surface area (Å²) in [5, 5.41) is 4.69. The van der Waals surface area contributed by atoms with Crippen molar-refractivity contribution in [2.24, 2.45) is 11.8 Å². The van der Waals surface area contributed by atoms with E-state index in [2.05, 4.69) is 45.4 Å². The van der Waals surface area contributed by atoms with Crippen molar-refractivity contribution in [3.63, 3.8) is 0 Å². The highest BCUT2D eigenvalue weighted by molar-refractivity contribution is 5.92. The van der Waals surface area contributed by atoms with Gasteiger partial charge in [0.15, 0.2) is 5.69 Å². The molecule has 0 bridgehead atoms. The Kier molecular flexibility index (Phi) is 3.82. The van der Waals surface area contributed by atoms with E-state index in [-0.39, 0.29) is 11.4 Å². The van der Waals surface area contributed by atoms with Crippen LogP contribution < -0.4 is 0 Å². The quantitative estimate of drug-likeness (QED) is 0.836. The first kappa shape index (κ1) is 15.6. The Morgan fingerprint density at radius 2 is 1.77 bits per heavy atom. The normalized spacial score (nSPS) is 26.3. The highest BCUT2D eigenvalue weighted by atomic mass is 16.2. The zero-order valence-corrected chi connectivity index (χ0v) is 14.6. The summed E-state index contributed by atoms with van der Waals surface area (Å²) in [6.07, 6.45) is 3.67. The molecular weight excluding hydrogens is 274 g/mol. The second-order valence-electron chi connectivity index (χ2n) is 8.47. The van der Waals surface area contributed by atoms with Crippen LogP contribution in [0.5, 0.6) is 0 Å². The molecule has 122 valence electrons. The van der Waals surface area contributed by atoms with Crippen molar-refractivity contribution < 1.29 is 4.79 Å². The van der Waals surface area contributed by atoms with E-state index in [1.54, 1.807) is 0 Å². The minimum atomic E-state index is -0.0705. The van der Waals surface area contributed by atoms with Gasteiger partial charge in [0.2, 0.25) is 0 Å². The van der Waals surface area contributed by atoms with E-state index < -0.39 is 0 Å². The number of rotatable bonds is 2. The van der Waals surface area contributed by atoms with Gasteiger partial charge in [-0.15, -0.1) is 0 Å². The molecule has 1 aliphatic carbocycles. The van der Waals surface area contributed by atoms with Crippen molar-refractivity contribution >= 4 is 5.91 Å². The van der Waals surface area contributed by atoms with Gasteiger partial charge < -0.3 is 4.90 Å². The molecule has 2 atom stereocenters. The van der Waals surface area contributed by atoms with Crippen LogP contribution in [0.4, 0.5) is 0 Å². The third kappa shape index (κ3) is 3.06. The van der Waals surface area contributed by atoms with Crippen LogP contribution in [0.2, 0.25) is 0 Å². The maximum Gasteiger partial charge on any atom is 0.274 e. The Labute approximate surface area is 133 Å². The lowest BCUT2D eigenvalue weighted by Crippen LogP contribution is -2.42. The van der Waals surface area contributed by atoms with Crippen molar-refractivity contribution in [3.8, 4) is 0 Å². The van der Waals surface area contributed by atoms with Gasteiger partial charge in [-0.25, -0.2) is 0 Å². The third-order valence-electron chi connectivity index (χ3n) is 4.74. The molecule has 4 nitrogen and oxygen atoms in total. The summed E-state index contributed by atoms with van der Waals surface area (Å²) in [5.74, 6) is 1.89. The molecule has 2 heterocycles. The fourth-order valence-electron chi connectivity index (χ4n) is 3.70. The Morgan fingerprint density at radius 3 is 2.27 bits per heavy atom. The molecule has 1 saturated heterocycles. The number of nitrogens with zero attached hydrogens (tertiary/aromatic N) is 3. The Balaban J connectivity index is 1.86. The van der Waals surface area contributed by atoms with E-state index in [1.807, 2.05) is 4.90 Å². The van der Waals surface area contributed by atoms with E-state index in [9.17, 15) is 4.79 Å². The fourth-order valence-corrected chi connectivity index (χ4v) is 3.70. The number of carbonyl (C=O) groups is 1. The number of hydrogen-bond acceptors (Lipinski definition) is 2. The molecule has 3 rings (SSSR count). The van der Waals surface area contributed by atoms with Gasteiger partial charge in [-0.1, -0.05) is 13.8 Å². The van der Waals surface area contributed by atoms with E-state index >= 15 is 0 Å². The number of hydrogen-bond donors (Lipinski definition) is 0. The molecule has 1 saturated carbocycles. The van der Waals surface area contributed by atoms with Crippen LogP contribution in [0, 0.1) is 11.8 Å². The highest BCUT2D eigenvalue weighted by Gasteiger charge is 2.34. The van der Waals surface area contributed by atoms with Gasteiger partial charge in [0, 0.05) is 24.7 Å². The standard InChI is InChI=1S/C18H29N3O/c1-12-8-13(2)11-20(10-12)17(22)15-9-16(14-6-7-14)21(19-15)18(3,4)5/h9,12-14H,6-8,10-11H2,1-5H3/t12-,13+. The minimum Gasteiger partial charge on any atom is -0.337 e. The SMILES string of the molecule is C[C@@H]1C[C@H](C)CN(C(=O)c2cc(C3CC3)n(C(C)(C)C)n2)C1. The smallest absolute Gasteiger partial charge is 0.274 e. The van der Waals surface area contributed by atoms with E-state index in [0.717, 1.165) is 13.1 Å². The highest BCUT2D eigenvalue weighted by Crippen LogP contribution is 2.42. The van der Waals surface area contributed by atoms with Crippen LogP contribution >= 0.6 is 0 Å². The largest absolute Gasteiger partial charge is 0.337 e. The summed E-state index contributed by atoms with van der Waals surface area (Å²) in [6, 6.07) is 2.05. The van der Waals surface area contributed by atoms with Crippen LogP contribution in [0.1, 0.15) is 76.0 Å². The number of likely N-dealkylation sites (tertiary alicyclic amines) is 1. The van der Waals surface area contributed by atoms with Crippen molar-refractivity contribution in [1.82, 2.24) is 14.7 Å². The van der Waals surface area contributed by atoms with Gasteiger partial charge in [0.05, 0.1) is 5.54 Å². The second kappa shape index (κ2) is 5.39. The van der Waals surface area contributed by atoms with Gasteiger partial charge >= 0.3 is 0 Å². The van der Waals surface area contributed by atoms with E-state index in [0.29, 0.717) is 23.4 Å². The topological polar surface area (TPSA) is 38.1 Å². The predicted molar refractivity (Wildman–Crippen MR) is 88.0 cm³/mol. The molecule has 22 heavy (non-hydrogen) atoms. The first-order valence-corrected chi connectivity index (χ1v) is 8.65. The van der Waals surface area contributed by atoms with Gasteiger partial charge in [-0.3, -0.25) is 9.48 Å². The first-order chi connectivity index (χ1) is 10.3. The lowest BCUT2D eigenvalue weighted by Gasteiger charge is -2.34. The lowest BCUT2D eigenvalue weighted by molar-refractivity contribution is 0.0615. The van der Waals surface area contributed by atoms with Crippen molar-refractivity contribution in [2.45, 2.75) is 65.3 Å². The fraction of sp³-hybridized carbons (Fsp3) is 0.778. The van der Waals surface area contributed by atoms with E-state index in [1.165, 1.54) is 25.0 Å². The van der Waals surface area contributed by atoms with Crippen LogP contribution in [0.15, 0.2) is 6.07 Å². The molecule has 2 fully saturated rings. The second-order valence-corrected chi connectivity index (χ2v) is 8.47. The molecule has 1 aromatic heterocycles. The maximum atomic E-state index is 12.9. The molecule has 0 unspecified atom stereocenters. The van der Waals surface area contributed by atoms with Crippen LogP contribution in [0.3, 0.4) is 0 Å². The average Bonchev–Trinajstić information content (AvgIpc) is 3.14. The summed E-state index contributed by atoms with van der Waals surface area (Å²) in [6.45, 7) is 12.7. The summed E-state index contributed by atoms with van der Waals surface area (Å²) in [4.78, 5) is 14.9. The number of amides is 1. The molecule has 1 aromatic rings. The Bertz CT molecular complexity index is 555. The van der Waals surface area contributed by atoms with Gasteiger partial charge in [-0.2, -0.15) is 5.10 Å². The molecule has 0 N–H and O–H groups in total. The van der Waals surface area contributed by atoms with Crippen LogP contribution in [0.25, 0.3) is 0 Å². The monoisotopic (exact) mass is 303 g/mol. The number of carbonyl (C=O) groups excluding carboxylic acids is 1. The summed E-state index contributed by atoms with van der Waals surface area (Å²) < 4.78 is 2.08. The van der Waals surface area contributed by atoms with Gasteiger partial charge in [0.25, 0.3) is 5.91 Å². The molecule has 2 aliphatic rings. The zero-order chi connectivity index (χ0) is 16.1. The first-order valence-electron chi connectivity index (χ1n) is 8.65. The molecule has 0 spiro atoms. The molecule has 0 aromatic carbocycles. The molecule has 4 heteroatoms. The van der Waals surface area contributed by atoms with Gasteiger partial charge in [-0.05, 0) is 57.9 Å². The Hall–Kier alpha value is -1.32. The summed E-state index contributed by atoms with van der Waals surface area (Å²) in [7, 11) is 0. The maximum absolute atomic E-state index is 12.9. The van der Waals surface area contributed by atoms with Crippen LogP contribution in [-0.2, 0) is 5.54 Å². The Morgan fingerprint density at radius 1 is 1.18 bits per heavy atom. The zero-order valence-electron chi connectivity index (χ0n) is 14.6. The summed E-state index contributed by atoms with van der Waals surface area (Å²) >= 11 is 0. The summed E-state index contributed by atoms with van der Waals surface area (Å²) in [5.41, 5.74) is 1.81. The van der Waals surface area contributed by atoms with Crippen LogP contribution in [-0.4, -0.2) is 33.7 Å². The number of piperidine rings is 1. The van der Waals surface area contributed by atoms with Crippen molar-refractivity contribution in [3.05, 3.63) is 17.5 Å². The lowest BCUT2D eigenvalue weighted by atomic mass is 9.92. The molecule has 1 amide bonds. The predicted octanol–water partition coefficient (Wildman–Crippen LogP) is 3.63. The molecule has 1 aliphatic heterocycles. The molecular formula is C18H29N3O. The average molecular weight is 303 g/mol. The van der Waals surface area contributed by atoms with Gasteiger partial charge in [0.1, 0.15) is 0 Å². The van der Waals surface area contributed by atoms with Crippen molar-refractivity contribution in [1.29, 1.82) is 0 Å². The third-order valence-corrected chi connectivity index (χ3v) is 4.74. The minimum absolute atomic E-state index is 0.0705. The molecule has 0 radical (unpaired) electrons. The van der Waals surface area contributed by atoms with Crippen molar-refractivity contribution in [2.75, 3.05) is 13.1 Å². The van der Waals surface area contributed by atoms with E-state index in [4.69, 9.17) is 5.10 Å². The number of aromatic nitrogens is 2.